The summed E-state index contributed by atoms with van der Waals surface area (Å²) in [5, 5.41) is 0. The van der Waals surface area contributed by atoms with Crippen LogP contribution in [0.5, 0.6) is 0 Å². The average Bonchev–Trinajstić information content (AvgIpc) is 2.73. The van der Waals surface area contributed by atoms with Gasteiger partial charge in [0.05, 0.1) is 6.61 Å². The molecular formula is C27H47O. The molecule has 1 nitrogen and oxygen atoms in total. The highest BCUT2D eigenvalue weighted by Crippen LogP contribution is 2.13. The predicted octanol–water partition coefficient (Wildman–Crippen LogP) is 8.71. The molecule has 0 aliphatic heterocycles. The lowest BCUT2D eigenvalue weighted by molar-refractivity contribution is 0.148. The molecule has 0 aromatic heterocycles. The van der Waals surface area contributed by atoms with Gasteiger partial charge < -0.3 is 4.74 Å². The summed E-state index contributed by atoms with van der Waals surface area (Å²) >= 11 is 0. The van der Waals surface area contributed by atoms with Crippen LogP contribution in [0, 0.1) is 6.42 Å². The van der Waals surface area contributed by atoms with Gasteiger partial charge in [0.25, 0.3) is 0 Å². The Bertz CT molecular complexity index is 400. The average molecular weight is 388 g/mol. The van der Waals surface area contributed by atoms with Gasteiger partial charge in [-0.05, 0) is 24.8 Å². The lowest BCUT2D eigenvalue weighted by atomic mass is 10.0. The van der Waals surface area contributed by atoms with Gasteiger partial charge in [-0.1, -0.05) is 134 Å². The smallest absolute Gasteiger partial charge is 0.0501 e. The molecular weight excluding hydrogens is 340 g/mol. The first-order valence-corrected chi connectivity index (χ1v) is 12.4. The van der Waals surface area contributed by atoms with Crippen molar-refractivity contribution in [2.24, 2.45) is 0 Å². The SMILES string of the molecule is CCCCCCCCCCCCCCCCCCOC[CH]Cc1ccccc1. The van der Waals surface area contributed by atoms with Crippen molar-refractivity contribution in [2.45, 2.75) is 116 Å². The first kappa shape index (κ1) is 25.2. The van der Waals surface area contributed by atoms with Crippen LogP contribution in [0.3, 0.4) is 0 Å². The largest absolute Gasteiger partial charge is 0.381 e. The molecule has 0 N–H and O–H groups in total. The number of benzene rings is 1. The molecule has 28 heavy (non-hydrogen) atoms. The van der Waals surface area contributed by atoms with Gasteiger partial charge in [-0.3, -0.25) is 0 Å². The predicted molar refractivity (Wildman–Crippen MR) is 125 cm³/mol. The van der Waals surface area contributed by atoms with E-state index in [4.69, 9.17) is 4.74 Å². The summed E-state index contributed by atoms with van der Waals surface area (Å²) in [6.45, 7) is 4.00. The molecule has 1 aromatic rings. The standard InChI is InChI=1S/C27H47O/c1-2-3-4-5-6-7-8-9-10-11-12-13-14-15-16-20-25-28-26-21-24-27-22-18-17-19-23-27/h17-19,21-23H,2-16,20,24-26H2,1H3. The Balaban J connectivity index is 1.67. The fourth-order valence-corrected chi connectivity index (χ4v) is 3.76. The van der Waals surface area contributed by atoms with Gasteiger partial charge >= 0.3 is 0 Å². The summed E-state index contributed by atoms with van der Waals surface area (Å²) in [7, 11) is 0. The van der Waals surface area contributed by atoms with Crippen molar-refractivity contribution >= 4 is 0 Å². The first-order valence-electron chi connectivity index (χ1n) is 12.4. The van der Waals surface area contributed by atoms with E-state index < -0.39 is 0 Å². The molecule has 0 heterocycles. The van der Waals surface area contributed by atoms with E-state index in [2.05, 4.69) is 43.7 Å². The molecule has 0 atom stereocenters. The van der Waals surface area contributed by atoms with Gasteiger partial charge in [0.2, 0.25) is 0 Å². The highest BCUT2D eigenvalue weighted by Gasteiger charge is 1.96. The molecule has 0 amide bonds. The van der Waals surface area contributed by atoms with Crippen molar-refractivity contribution in [3.05, 3.63) is 42.3 Å². The zero-order chi connectivity index (χ0) is 20.0. The van der Waals surface area contributed by atoms with Crippen molar-refractivity contribution in [1.29, 1.82) is 0 Å². The van der Waals surface area contributed by atoms with Gasteiger partial charge in [0.1, 0.15) is 0 Å². The molecule has 1 rings (SSSR count). The quantitative estimate of drug-likeness (QED) is 0.192. The van der Waals surface area contributed by atoms with E-state index in [9.17, 15) is 0 Å². The third-order valence-corrected chi connectivity index (χ3v) is 5.60. The number of ether oxygens (including phenoxy) is 1. The second-order valence-corrected chi connectivity index (χ2v) is 8.36. The number of hydrogen-bond acceptors (Lipinski definition) is 1. The Kier molecular flexibility index (Phi) is 18.8. The zero-order valence-electron chi connectivity index (χ0n) is 18.8. The zero-order valence-corrected chi connectivity index (χ0v) is 18.8. The molecule has 0 unspecified atom stereocenters. The van der Waals surface area contributed by atoms with E-state index in [-0.39, 0.29) is 0 Å². The molecule has 1 aromatic carbocycles. The summed E-state index contributed by atoms with van der Waals surface area (Å²) in [6.07, 6.45) is 26.0. The van der Waals surface area contributed by atoms with Crippen molar-refractivity contribution in [3.63, 3.8) is 0 Å². The van der Waals surface area contributed by atoms with E-state index in [1.54, 1.807) is 0 Å². The summed E-state index contributed by atoms with van der Waals surface area (Å²) in [5.74, 6) is 0. The first-order chi connectivity index (χ1) is 13.9. The minimum Gasteiger partial charge on any atom is -0.381 e. The summed E-state index contributed by atoms with van der Waals surface area (Å²) in [5.41, 5.74) is 1.37. The maximum absolute atomic E-state index is 5.72. The summed E-state index contributed by atoms with van der Waals surface area (Å²) in [4.78, 5) is 0. The van der Waals surface area contributed by atoms with Crippen LogP contribution in [0.2, 0.25) is 0 Å². The van der Waals surface area contributed by atoms with Gasteiger partial charge in [0.15, 0.2) is 0 Å². The van der Waals surface area contributed by atoms with Crippen LogP contribution in [0.25, 0.3) is 0 Å². The van der Waals surface area contributed by atoms with Crippen molar-refractivity contribution < 1.29 is 4.74 Å². The third kappa shape index (κ3) is 17.3. The van der Waals surface area contributed by atoms with Crippen LogP contribution >= 0.6 is 0 Å². The Morgan fingerprint density at radius 2 is 1.07 bits per heavy atom. The van der Waals surface area contributed by atoms with Crippen molar-refractivity contribution in [2.75, 3.05) is 13.2 Å². The van der Waals surface area contributed by atoms with Gasteiger partial charge in [-0.25, -0.2) is 0 Å². The molecule has 161 valence electrons. The minimum absolute atomic E-state index is 0.785. The summed E-state index contributed by atoms with van der Waals surface area (Å²) in [6, 6.07) is 10.6. The van der Waals surface area contributed by atoms with Crippen molar-refractivity contribution in [3.8, 4) is 0 Å². The lowest BCUT2D eigenvalue weighted by Gasteiger charge is -2.05. The second kappa shape index (κ2) is 20.9. The second-order valence-electron chi connectivity index (χ2n) is 8.36. The number of rotatable bonds is 21. The van der Waals surface area contributed by atoms with E-state index in [1.165, 1.54) is 108 Å². The van der Waals surface area contributed by atoms with Crippen LogP contribution in [0.4, 0.5) is 0 Å². The molecule has 0 fully saturated rings. The monoisotopic (exact) mass is 387 g/mol. The van der Waals surface area contributed by atoms with Crippen LogP contribution in [0.1, 0.15) is 115 Å². The van der Waals surface area contributed by atoms with E-state index >= 15 is 0 Å². The Hall–Kier alpha value is -0.820. The topological polar surface area (TPSA) is 9.23 Å². The molecule has 0 spiro atoms. The maximum atomic E-state index is 5.72. The fraction of sp³-hybridized carbons (Fsp3) is 0.741. The van der Waals surface area contributed by atoms with Gasteiger partial charge in [0, 0.05) is 6.61 Å². The van der Waals surface area contributed by atoms with Gasteiger partial charge in [-0.2, -0.15) is 0 Å². The molecule has 0 aliphatic carbocycles. The Morgan fingerprint density at radius 3 is 1.57 bits per heavy atom. The molecule has 0 bridgehead atoms. The highest BCUT2D eigenvalue weighted by atomic mass is 16.5. The molecule has 1 heteroatoms. The molecule has 0 saturated carbocycles. The molecule has 0 aliphatic rings. The Labute approximate surface area is 176 Å². The number of hydrogen-bond donors (Lipinski definition) is 0. The van der Waals surface area contributed by atoms with E-state index in [0.29, 0.717) is 0 Å². The van der Waals surface area contributed by atoms with E-state index in [1.807, 2.05) is 0 Å². The van der Waals surface area contributed by atoms with Crippen LogP contribution in [0.15, 0.2) is 30.3 Å². The van der Waals surface area contributed by atoms with E-state index in [0.717, 1.165) is 19.6 Å². The molecule has 1 radical (unpaired) electrons. The lowest BCUT2D eigenvalue weighted by Crippen LogP contribution is -1.99. The summed E-state index contributed by atoms with van der Waals surface area (Å²) < 4.78 is 5.72. The number of unbranched alkanes of at least 4 members (excludes halogenated alkanes) is 15. The maximum Gasteiger partial charge on any atom is 0.0501 e. The minimum atomic E-state index is 0.785. The normalized spacial score (nSPS) is 11.2. The van der Waals surface area contributed by atoms with Crippen LogP contribution < -0.4 is 0 Å². The van der Waals surface area contributed by atoms with Gasteiger partial charge in [-0.15, -0.1) is 0 Å². The van der Waals surface area contributed by atoms with Crippen LogP contribution in [-0.4, -0.2) is 13.2 Å². The third-order valence-electron chi connectivity index (χ3n) is 5.60. The molecule has 0 saturated heterocycles. The van der Waals surface area contributed by atoms with Crippen molar-refractivity contribution in [1.82, 2.24) is 0 Å². The fourth-order valence-electron chi connectivity index (χ4n) is 3.76. The highest BCUT2D eigenvalue weighted by molar-refractivity contribution is 5.16. The Morgan fingerprint density at radius 1 is 0.607 bits per heavy atom. The van der Waals surface area contributed by atoms with Crippen LogP contribution in [-0.2, 0) is 11.2 Å².